The predicted octanol–water partition coefficient (Wildman–Crippen LogP) is 6.32. The lowest BCUT2D eigenvalue weighted by Crippen LogP contribution is -2.48. The van der Waals surface area contributed by atoms with Gasteiger partial charge in [-0.25, -0.2) is 0 Å². The minimum Gasteiger partial charge on any atom is -0.467 e. The topological polar surface area (TPSA) is 82.9 Å². The van der Waals surface area contributed by atoms with E-state index in [0.29, 0.717) is 31.0 Å². The van der Waals surface area contributed by atoms with E-state index in [2.05, 4.69) is 5.32 Å². The summed E-state index contributed by atoms with van der Waals surface area (Å²) in [4.78, 5) is 43.4. The number of piperidine rings is 1. The molecule has 0 aliphatic carbocycles. The van der Waals surface area contributed by atoms with E-state index < -0.39 is 52.8 Å². The standard InChI is InChI=1S/C31H29F6N3O4/c32-30(33,34)20-15-19(16-21(17-20)31(35,36)37)27-26(28(42)38-18-22-7-6-14-44-22)23-8-2-3-9-24(23)29(43)40(27)13-10-25(41)39-11-4-1-5-12-39/h2-3,6-9,14-17,26-27H,1,4-5,10-13,18H2,(H,38,42). The number of carbonyl (C=O) groups is 3. The highest BCUT2D eigenvalue weighted by Gasteiger charge is 2.46. The van der Waals surface area contributed by atoms with E-state index in [1.807, 2.05) is 0 Å². The number of fused-ring (bicyclic) bond motifs is 1. The molecule has 2 aromatic carbocycles. The van der Waals surface area contributed by atoms with Gasteiger partial charge in [0.2, 0.25) is 11.8 Å². The minimum atomic E-state index is -5.15. The van der Waals surface area contributed by atoms with Crippen LogP contribution in [0.25, 0.3) is 0 Å². The first-order chi connectivity index (χ1) is 20.8. The number of alkyl halides is 6. The van der Waals surface area contributed by atoms with Gasteiger partial charge in [0.15, 0.2) is 0 Å². The summed E-state index contributed by atoms with van der Waals surface area (Å²) in [5.41, 5.74) is -3.47. The first kappa shape index (κ1) is 31.1. The van der Waals surface area contributed by atoms with Gasteiger partial charge < -0.3 is 19.5 Å². The third-order valence-electron chi connectivity index (χ3n) is 7.96. The summed E-state index contributed by atoms with van der Waals surface area (Å²) in [6, 6.07) is 8.60. The Morgan fingerprint density at radius 2 is 1.55 bits per heavy atom. The Morgan fingerprint density at radius 1 is 0.886 bits per heavy atom. The molecule has 13 heteroatoms. The molecule has 0 spiro atoms. The summed E-state index contributed by atoms with van der Waals surface area (Å²) in [7, 11) is 0. The second kappa shape index (κ2) is 12.4. The molecule has 2 unspecified atom stereocenters. The Kier molecular flexibility index (Phi) is 8.76. The van der Waals surface area contributed by atoms with Crippen LogP contribution in [0.1, 0.15) is 76.0 Å². The third kappa shape index (κ3) is 6.61. The van der Waals surface area contributed by atoms with Gasteiger partial charge in [-0.3, -0.25) is 14.4 Å². The molecule has 44 heavy (non-hydrogen) atoms. The summed E-state index contributed by atoms with van der Waals surface area (Å²) < 4.78 is 88.8. The van der Waals surface area contributed by atoms with Crippen LogP contribution >= 0.6 is 0 Å². The second-order valence-electron chi connectivity index (χ2n) is 10.8. The largest absolute Gasteiger partial charge is 0.467 e. The molecule has 3 amide bonds. The van der Waals surface area contributed by atoms with Crippen molar-refractivity contribution in [3.05, 3.63) is 94.4 Å². The van der Waals surface area contributed by atoms with Crippen molar-refractivity contribution >= 4 is 17.7 Å². The van der Waals surface area contributed by atoms with E-state index in [0.717, 1.165) is 24.2 Å². The van der Waals surface area contributed by atoms with E-state index in [1.165, 1.54) is 30.5 Å². The van der Waals surface area contributed by atoms with Crippen LogP contribution in [0.4, 0.5) is 26.3 Å². The minimum absolute atomic E-state index is 0.00169. The molecule has 7 nitrogen and oxygen atoms in total. The SMILES string of the molecule is O=C(NCc1ccco1)C1c2ccccc2C(=O)N(CCC(=O)N2CCCCC2)C1c1cc(C(F)(F)F)cc(C(F)(F)F)c1. The maximum Gasteiger partial charge on any atom is 0.416 e. The van der Waals surface area contributed by atoms with Gasteiger partial charge in [0.05, 0.1) is 35.9 Å². The first-order valence-corrected chi connectivity index (χ1v) is 14.1. The van der Waals surface area contributed by atoms with E-state index in [-0.39, 0.29) is 42.6 Å². The molecule has 1 saturated heterocycles. The highest BCUT2D eigenvalue weighted by Crippen LogP contribution is 2.46. The smallest absolute Gasteiger partial charge is 0.416 e. The van der Waals surface area contributed by atoms with Crippen LogP contribution in [-0.4, -0.2) is 47.2 Å². The Balaban J connectivity index is 1.62. The number of likely N-dealkylation sites (tertiary alicyclic amines) is 1. The van der Waals surface area contributed by atoms with Crippen LogP contribution in [0.15, 0.2) is 65.3 Å². The summed E-state index contributed by atoms with van der Waals surface area (Å²) in [5.74, 6) is -2.80. The van der Waals surface area contributed by atoms with Gasteiger partial charge >= 0.3 is 12.4 Å². The number of nitrogens with zero attached hydrogens (tertiary/aromatic N) is 2. The molecule has 3 aromatic rings. The average molecular weight is 622 g/mol. The lowest BCUT2D eigenvalue weighted by atomic mass is 9.78. The first-order valence-electron chi connectivity index (χ1n) is 14.1. The quantitative estimate of drug-likeness (QED) is 0.313. The van der Waals surface area contributed by atoms with E-state index in [9.17, 15) is 40.7 Å². The zero-order valence-corrected chi connectivity index (χ0v) is 23.4. The van der Waals surface area contributed by atoms with Crippen molar-refractivity contribution < 1.29 is 45.1 Å². The number of amides is 3. The fourth-order valence-corrected chi connectivity index (χ4v) is 5.86. The number of halogens is 6. The highest BCUT2D eigenvalue weighted by atomic mass is 19.4. The maximum absolute atomic E-state index is 13.9. The zero-order valence-electron chi connectivity index (χ0n) is 23.4. The highest BCUT2D eigenvalue weighted by molar-refractivity contribution is 6.01. The summed E-state index contributed by atoms with van der Waals surface area (Å²) >= 11 is 0. The number of furan rings is 1. The fourth-order valence-electron chi connectivity index (χ4n) is 5.86. The molecule has 1 N–H and O–H groups in total. The van der Waals surface area contributed by atoms with Crippen LogP contribution in [0.3, 0.4) is 0 Å². The molecule has 1 aromatic heterocycles. The maximum atomic E-state index is 13.9. The van der Waals surface area contributed by atoms with Crippen molar-refractivity contribution in [2.75, 3.05) is 19.6 Å². The van der Waals surface area contributed by atoms with E-state index in [1.54, 1.807) is 17.0 Å². The second-order valence-corrected chi connectivity index (χ2v) is 10.8. The van der Waals surface area contributed by atoms with Crippen molar-refractivity contribution in [1.82, 2.24) is 15.1 Å². The van der Waals surface area contributed by atoms with Gasteiger partial charge in [-0.15, -0.1) is 0 Å². The molecule has 0 bridgehead atoms. The van der Waals surface area contributed by atoms with Crippen LogP contribution in [0.5, 0.6) is 0 Å². The normalized spacial score (nSPS) is 19.1. The average Bonchev–Trinajstić information content (AvgIpc) is 3.52. The van der Waals surface area contributed by atoms with E-state index >= 15 is 0 Å². The van der Waals surface area contributed by atoms with Crippen molar-refractivity contribution in [1.29, 1.82) is 0 Å². The number of nitrogens with one attached hydrogen (secondary N) is 1. The Bertz CT molecular complexity index is 1480. The molecule has 3 heterocycles. The molecule has 2 atom stereocenters. The number of rotatable bonds is 7. The van der Waals surface area contributed by atoms with Gasteiger partial charge in [-0.05, 0) is 66.8 Å². The van der Waals surface area contributed by atoms with Gasteiger partial charge in [-0.2, -0.15) is 26.3 Å². The Hall–Kier alpha value is -4.29. The number of hydrogen-bond acceptors (Lipinski definition) is 4. The van der Waals surface area contributed by atoms with Gasteiger partial charge in [-0.1, -0.05) is 18.2 Å². The molecular formula is C31H29F6N3O4. The number of hydrogen-bond donors (Lipinski definition) is 1. The van der Waals surface area contributed by atoms with Crippen molar-refractivity contribution in [2.45, 2.75) is 56.5 Å². The molecule has 0 radical (unpaired) electrons. The van der Waals surface area contributed by atoms with Gasteiger partial charge in [0, 0.05) is 31.6 Å². The van der Waals surface area contributed by atoms with Gasteiger partial charge in [0.25, 0.3) is 5.91 Å². The number of benzene rings is 2. The zero-order chi connectivity index (χ0) is 31.6. The van der Waals surface area contributed by atoms with Crippen LogP contribution in [0.2, 0.25) is 0 Å². The van der Waals surface area contributed by atoms with Crippen molar-refractivity contribution in [3.63, 3.8) is 0 Å². The third-order valence-corrected chi connectivity index (χ3v) is 7.96. The molecule has 0 saturated carbocycles. The van der Waals surface area contributed by atoms with Crippen LogP contribution in [0, 0.1) is 0 Å². The molecule has 234 valence electrons. The summed E-state index contributed by atoms with van der Waals surface area (Å²) in [5, 5.41) is 2.65. The molecule has 5 rings (SSSR count). The van der Waals surface area contributed by atoms with Crippen molar-refractivity contribution in [2.24, 2.45) is 0 Å². The number of carbonyl (C=O) groups excluding carboxylic acids is 3. The molecule has 1 fully saturated rings. The Labute approximate surface area is 248 Å². The van der Waals surface area contributed by atoms with E-state index in [4.69, 9.17) is 4.42 Å². The molecule has 2 aliphatic rings. The predicted molar refractivity (Wildman–Crippen MR) is 145 cm³/mol. The monoisotopic (exact) mass is 621 g/mol. The fraction of sp³-hybridized carbons (Fsp3) is 0.387. The molecular weight excluding hydrogens is 592 g/mol. The summed E-state index contributed by atoms with van der Waals surface area (Å²) in [6.07, 6.45) is -6.60. The lowest BCUT2D eigenvalue weighted by molar-refractivity contribution is -0.143. The van der Waals surface area contributed by atoms with Crippen molar-refractivity contribution in [3.8, 4) is 0 Å². The van der Waals surface area contributed by atoms with Crippen LogP contribution < -0.4 is 5.32 Å². The van der Waals surface area contributed by atoms with Gasteiger partial charge in [0.1, 0.15) is 5.76 Å². The Morgan fingerprint density at radius 3 is 2.16 bits per heavy atom. The lowest BCUT2D eigenvalue weighted by Gasteiger charge is -2.42. The van der Waals surface area contributed by atoms with Crippen LogP contribution in [-0.2, 0) is 28.5 Å². The molecule has 2 aliphatic heterocycles. The summed E-state index contributed by atoms with van der Waals surface area (Å²) in [6.45, 7) is 0.584.